The summed E-state index contributed by atoms with van der Waals surface area (Å²) in [6, 6.07) is 0. The van der Waals surface area contributed by atoms with Crippen LogP contribution in [0.2, 0.25) is 0 Å². The summed E-state index contributed by atoms with van der Waals surface area (Å²) in [7, 11) is 0. The van der Waals surface area contributed by atoms with E-state index in [1.165, 1.54) is 44.9 Å². The maximum Gasteiger partial charge on any atom is 0.0797 e. The Labute approximate surface area is 172 Å². The lowest BCUT2D eigenvalue weighted by molar-refractivity contribution is -0.0513. The van der Waals surface area contributed by atoms with Gasteiger partial charge in [-0.2, -0.15) is 0 Å². The molecule has 4 aliphatic carbocycles. The number of hydrogen-bond donors (Lipinski definition) is 2. The van der Waals surface area contributed by atoms with E-state index in [0.717, 1.165) is 49.4 Å². The zero-order valence-electron chi connectivity index (χ0n) is 18.4. The van der Waals surface area contributed by atoms with Crippen molar-refractivity contribution in [2.45, 2.75) is 103 Å². The third-order valence-electron chi connectivity index (χ3n) is 9.95. The van der Waals surface area contributed by atoms with Gasteiger partial charge in [-0.1, -0.05) is 31.6 Å². The van der Waals surface area contributed by atoms with Gasteiger partial charge in [0.15, 0.2) is 0 Å². The standard InChI is InChI=1S/C26H42O2/c1-5-24(2,28)14-6-7-18-9-11-22-21-10-8-19-17-20(27)12-15-26(19,4)23(21)13-16-25(18,22)3/h5,8,18,20-23,27-28H,1,6-7,9-17H2,2-4H3/t18?,20-,21?,22?,23?,24?,25?,26?/m0/s1. The van der Waals surface area contributed by atoms with E-state index >= 15 is 0 Å². The molecule has 4 rings (SSSR count). The summed E-state index contributed by atoms with van der Waals surface area (Å²) in [5.41, 5.74) is 1.72. The normalized spacial score (nSPS) is 47.3. The first-order valence-electron chi connectivity index (χ1n) is 11.9. The maximum atomic E-state index is 10.3. The summed E-state index contributed by atoms with van der Waals surface area (Å²) in [6.07, 6.45) is 17.3. The van der Waals surface area contributed by atoms with Crippen LogP contribution in [0.15, 0.2) is 24.3 Å². The number of fused-ring (bicyclic) bond motifs is 5. The number of hydrogen-bond acceptors (Lipinski definition) is 2. The Morgan fingerprint density at radius 2 is 1.96 bits per heavy atom. The molecule has 2 heteroatoms. The van der Waals surface area contributed by atoms with Crippen molar-refractivity contribution in [3.05, 3.63) is 24.3 Å². The molecule has 0 heterocycles. The van der Waals surface area contributed by atoms with Crippen molar-refractivity contribution in [3.63, 3.8) is 0 Å². The number of aliphatic hydroxyl groups is 2. The molecule has 3 fully saturated rings. The topological polar surface area (TPSA) is 40.5 Å². The van der Waals surface area contributed by atoms with Gasteiger partial charge in [0.2, 0.25) is 0 Å². The third kappa shape index (κ3) is 3.33. The highest BCUT2D eigenvalue weighted by Crippen LogP contribution is 2.66. The second kappa shape index (κ2) is 7.27. The van der Waals surface area contributed by atoms with Gasteiger partial charge >= 0.3 is 0 Å². The molecule has 0 saturated heterocycles. The Balaban J connectivity index is 1.47. The molecule has 0 spiro atoms. The molecule has 0 aromatic rings. The minimum atomic E-state index is -0.707. The Morgan fingerprint density at radius 3 is 2.71 bits per heavy atom. The zero-order chi connectivity index (χ0) is 20.2. The molecule has 7 unspecified atom stereocenters. The molecule has 158 valence electrons. The monoisotopic (exact) mass is 386 g/mol. The minimum absolute atomic E-state index is 0.103. The molecule has 0 aliphatic heterocycles. The second-order valence-corrected chi connectivity index (χ2v) is 11.4. The van der Waals surface area contributed by atoms with Gasteiger partial charge in [0.05, 0.1) is 11.7 Å². The molecule has 0 aromatic carbocycles. The van der Waals surface area contributed by atoms with Crippen LogP contribution >= 0.6 is 0 Å². The zero-order valence-corrected chi connectivity index (χ0v) is 18.4. The Bertz CT molecular complexity index is 634. The smallest absolute Gasteiger partial charge is 0.0797 e. The van der Waals surface area contributed by atoms with Gasteiger partial charge in [0, 0.05) is 0 Å². The van der Waals surface area contributed by atoms with Crippen molar-refractivity contribution >= 4 is 0 Å². The van der Waals surface area contributed by atoms with Gasteiger partial charge in [-0.05, 0) is 112 Å². The SMILES string of the molecule is C=CC(C)(O)CCCC1CCC2C3CC=C4C[C@@H](O)CCC4(C)C3CCC12C. The predicted molar refractivity (Wildman–Crippen MR) is 116 cm³/mol. The number of rotatable bonds is 5. The summed E-state index contributed by atoms with van der Waals surface area (Å²) in [6.45, 7) is 10.8. The van der Waals surface area contributed by atoms with Crippen LogP contribution in [0.5, 0.6) is 0 Å². The highest BCUT2D eigenvalue weighted by molar-refractivity contribution is 5.25. The fraction of sp³-hybridized carbons (Fsp3) is 0.846. The van der Waals surface area contributed by atoms with Gasteiger partial charge < -0.3 is 10.2 Å². The average Bonchev–Trinajstić information content (AvgIpc) is 2.99. The highest BCUT2D eigenvalue weighted by Gasteiger charge is 2.58. The number of aliphatic hydroxyl groups excluding tert-OH is 1. The van der Waals surface area contributed by atoms with Crippen molar-refractivity contribution in [3.8, 4) is 0 Å². The summed E-state index contributed by atoms with van der Waals surface area (Å²) < 4.78 is 0. The molecule has 2 nitrogen and oxygen atoms in total. The summed E-state index contributed by atoms with van der Waals surface area (Å²) in [5.74, 6) is 3.38. The lowest BCUT2D eigenvalue weighted by Crippen LogP contribution is -2.50. The molecule has 28 heavy (non-hydrogen) atoms. The van der Waals surface area contributed by atoms with Crippen LogP contribution < -0.4 is 0 Å². The fourth-order valence-corrected chi connectivity index (χ4v) is 8.03. The van der Waals surface area contributed by atoms with E-state index in [4.69, 9.17) is 0 Å². The molecular formula is C26H42O2. The fourth-order valence-electron chi connectivity index (χ4n) is 8.03. The van der Waals surface area contributed by atoms with Crippen molar-refractivity contribution in [1.29, 1.82) is 0 Å². The van der Waals surface area contributed by atoms with Crippen LogP contribution in [-0.2, 0) is 0 Å². The second-order valence-electron chi connectivity index (χ2n) is 11.4. The lowest BCUT2D eigenvalue weighted by Gasteiger charge is -2.58. The summed E-state index contributed by atoms with van der Waals surface area (Å²) >= 11 is 0. The van der Waals surface area contributed by atoms with Crippen LogP contribution in [-0.4, -0.2) is 21.9 Å². The highest BCUT2D eigenvalue weighted by atomic mass is 16.3. The molecule has 4 aliphatic rings. The van der Waals surface area contributed by atoms with Gasteiger partial charge in [-0.3, -0.25) is 0 Å². The maximum absolute atomic E-state index is 10.3. The van der Waals surface area contributed by atoms with Gasteiger partial charge in [0.25, 0.3) is 0 Å². The van der Waals surface area contributed by atoms with Crippen LogP contribution in [0.4, 0.5) is 0 Å². The van der Waals surface area contributed by atoms with Gasteiger partial charge in [-0.25, -0.2) is 0 Å². The average molecular weight is 387 g/mol. The molecule has 2 N–H and O–H groups in total. The lowest BCUT2D eigenvalue weighted by atomic mass is 9.47. The van der Waals surface area contributed by atoms with Crippen molar-refractivity contribution in [2.75, 3.05) is 0 Å². The van der Waals surface area contributed by atoms with Gasteiger partial charge in [-0.15, -0.1) is 6.58 Å². The van der Waals surface area contributed by atoms with E-state index in [1.54, 1.807) is 11.6 Å². The Kier molecular flexibility index (Phi) is 5.37. The molecule has 0 bridgehead atoms. The van der Waals surface area contributed by atoms with Crippen LogP contribution in [0, 0.1) is 34.5 Å². The summed E-state index contributed by atoms with van der Waals surface area (Å²) in [4.78, 5) is 0. The predicted octanol–water partition coefficient (Wildman–Crippen LogP) is 6.03. The van der Waals surface area contributed by atoms with E-state index in [1.807, 2.05) is 6.92 Å². The first kappa shape index (κ1) is 20.7. The van der Waals surface area contributed by atoms with Crippen LogP contribution in [0.25, 0.3) is 0 Å². The molecule has 3 saturated carbocycles. The van der Waals surface area contributed by atoms with Crippen molar-refractivity contribution in [1.82, 2.24) is 0 Å². The van der Waals surface area contributed by atoms with E-state index in [-0.39, 0.29) is 6.10 Å². The Morgan fingerprint density at radius 1 is 1.18 bits per heavy atom. The van der Waals surface area contributed by atoms with Crippen LogP contribution in [0.1, 0.15) is 91.4 Å². The van der Waals surface area contributed by atoms with E-state index in [9.17, 15) is 10.2 Å². The van der Waals surface area contributed by atoms with E-state index < -0.39 is 5.60 Å². The molecule has 8 atom stereocenters. The molecular weight excluding hydrogens is 344 g/mol. The quantitative estimate of drug-likeness (QED) is 0.566. The largest absolute Gasteiger partial charge is 0.393 e. The molecule has 0 radical (unpaired) electrons. The van der Waals surface area contributed by atoms with Crippen molar-refractivity contribution in [2.24, 2.45) is 34.5 Å². The first-order chi connectivity index (χ1) is 13.2. The first-order valence-corrected chi connectivity index (χ1v) is 11.9. The number of allylic oxidation sites excluding steroid dienone is 1. The van der Waals surface area contributed by atoms with E-state index in [2.05, 4.69) is 26.5 Å². The van der Waals surface area contributed by atoms with Crippen molar-refractivity contribution < 1.29 is 10.2 Å². The molecule has 0 aromatic heterocycles. The van der Waals surface area contributed by atoms with Gasteiger partial charge in [0.1, 0.15) is 0 Å². The van der Waals surface area contributed by atoms with Crippen LogP contribution in [0.3, 0.4) is 0 Å². The minimum Gasteiger partial charge on any atom is -0.393 e. The van der Waals surface area contributed by atoms with E-state index in [0.29, 0.717) is 10.8 Å². The molecule has 0 amide bonds. The Hall–Kier alpha value is -0.600. The third-order valence-corrected chi connectivity index (χ3v) is 9.95. The summed E-state index contributed by atoms with van der Waals surface area (Å²) in [5, 5.41) is 20.4.